The van der Waals surface area contributed by atoms with E-state index in [9.17, 15) is 14.4 Å². The van der Waals surface area contributed by atoms with Crippen LogP contribution < -0.4 is 0 Å². The number of ether oxygens (including phenoxy) is 1. The molecule has 0 bridgehead atoms. The molecule has 0 fully saturated rings. The van der Waals surface area contributed by atoms with Gasteiger partial charge < -0.3 is 9.84 Å². The van der Waals surface area contributed by atoms with Gasteiger partial charge in [-0.25, -0.2) is 9.59 Å². The lowest BCUT2D eigenvalue weighted by Crippen LogP contribution is -2.15. The van der Waals surface area contributed by atoms with Gasteiger partial charge >= 0.3 is 11.9 Å². The van der Waals surface area contributed by atoms with Crippen LogP contribution in [0.25, 0.3) is 0 Å². The van der Waals surface area contributed by atoms with Crippen LogP contribution >= 0.6 is 0 Å². The summed E-state index contributed by atoms with van der Waals surface area (Å²) in [7, 11) is 0. The zero-order valence-corrected chi connectivity index (χ0v) is 8.07. The van der Waals surface area contributed by atoms with Crippen molar-refractivity contribution in [2.24, 2.45) is 0 Å². The Balaban J connectivity index is 4.59. The summed E-state index contributed by atoms with van der Waals surface area (Å²) in [5, 5.41) is 8.37. The molecule has 0 aliphatic carbocycles. The SMILES string of the molecule is CCCOC(=O)/C(=C\C(=O)O)C(C)=O. The van der Waals surface area contributed by atoms with E-state index in [1.165, 1.54) is 0 Å². The average molecular weight is 200 g/mol. The normalized spacial score (nSPS) is 10.9. The molecule has 14 heavy (non-hydrogen) atoms. The quantitative estimate of drug-likeness (QED) is 0.303. The Morgan fingerprint density at radius 3 is 2.29 bits per heavy atom. The van der Waals surface area contributed by atoms with Crippen LogP contribution in [0.1, 0.15) is 20.3 Å². The van der Waals surface area contributed by atoms with E-state index in [1.54, 1.807) is 6.92 Å². The van der Waals surface area contributed by atoms with Gasteiger partial charge in [-0.2, -0.15) is 0 Å². The third kappa shape index (κ3) is 4.39. The van der Waals surface area contributed by atoms with Gasteiger partial charge in [0, 0.05) is 6.08 Å². The number of ketones is 1. The zero-order valence-electron chi connectivity index (χ0n) is 8.07. The second-order valence-corrected chi connectivity index (χ2v) is 2.59. The van der Waals surface area contributed by atoms with E-state index >= 15 is 0 Å². The molecule has 0 heterocycles. The molecule has 0 saturated heterocycles. The summed E-state index contributed by atoms with van der Waals surface area (Å²) in [5.74, 6) is -2.85. The fraction of sp³-hybridized carbons (Fsp3) is 0.444. The molecule has 5 nitrogen and oxygen atoms in total. The van der Waals surface area contributed by atoms with Crippen molar-refractivity contribution in [3.8, 4) is 0 Å². The minimum Gasteiger partial charge on any atom is -0.478 e. The minimum atomic E-state index is -1.34. The van der Waals surface area contributed by atoms with Gasteiger partial charge in [-0.05, 0) is 13.3 Å². The highest BCUT2D eigenvalue weighted by Crippen LogP contribution is 2.00. The molecule has 0 aliphatic heterocycles. The number of carbonyl (C=O) groups excluding carboxylic acids is 2. The Bertz CT molecular complexity index is 277. The third-order valence-electron chi connectivity index (χ3n) is 1.30. The van der Waals surface area contributed by atoms with Crippen LogP contribution in [-0.4, -0.2) is 29.4 Å². The van der Waals surface area contributed by atoms with E-state index in [0.717, 1.165) is 6.92 Å². The molecule has 0 aromatic carbocycles. The number of hydrogen-bond acceptors (Lipinski definition) is 4. The molecule has 0 amide bonds. The second-order valence-electron chi connectivity index (χ2n) is 2.59. The van der Waals surface area contributed by atoms with Crippen molar-refractivity contribution in [3.05, 3.63) is 11.6 Å². The maximum absolute atomic E-state index is 11.1. The minimum absolute atomic E-state index is 0.170. The van der Waals surface area contributed by atoms with Crippen LogP contribution in [-0.2, 0) is 19.1 Å². The molecule has 0 aromatic rings. The number of Topliss-reactive ketones (excluding diaryl/α,β-unsaturated/α-hetero) is 1. The van der Waals surface area contributed by atoms with Gasteiger partial charge in [-0.15, -0.1) is 0 Å². The Hall–Kier alpha value is -1.65. The van der Waals surface area contributed by atoms with Crippen LogP contribution in [0.3, 0.4) is 0 Å². The van der Waals surface area contributed by atoms with Crippen LogP contribution in [0.5, 0.6) is 0 Å². The van der Waals surface area contributed by atoms with Gasteiger partial charge in [0.05, 0.1) is 6.61 Å². The summed E-state index contributed by atoms with van der Waals surface area (Å²) in [4.78, 5) is 32.2. The molecule has 0 aliphatic rings. The fourth-order valence-corrected chi connectivity index (χ4v) is 0.700. The van der Waals surface area contributed by atoms with Gasteiger partial charge in [0.15, 0.2) is 5.78 Å². The molecule has 0 spiro atoms. The molecule has 78 valence electrons. The molecule has 0 rings (SSSR count). The molecular weight excluding hydrogens is 188 g/mol. The predicted molar refractivity (Wildman–Crippen MR) is 47.6 cm³/mol. The lowest BCUT2D eigenvalue weighted by atomic mass is 10.2. The lowest BCUT2D eigenvalue weighted by molar-refractivity contribution is -0.141. The molecule has 0 radical (unpaired) electrons. The summed E-state index contributed by atoms with van der Waals surface area (Å²) in [6.45, 7) is 3.08. The van der Waals surface area contributed by atoms with Gasteiger partial charge in [0.1, 0.15) is 5.57 Å². The standard InChI is InChI=1S/C9H12O5/c1-3-4-14-9(13)7(6(2)10)5-8(11)12/h5H,3-4H2,1-2H3,(H,11,12)/b7-5-. The Kier molecular flexibility index (Phi) is 5.21. The first-order valence-corrected chi connectivity index (χ1v) is 4.11. The summed E-state index contributed by atoms with van der Waals surface area (Å²) < 4.78 is 4.62. The molecule has 0 aromatic heterocycles. The Labute approximate surface area is 81.4 Å². The molecule has 1 N–H and O–H groups in total. The highest BCUT2D eigenvalue weighted by molar-refractivity contribution is 6.18. The molecule has 0 unspecified atom stereocenters. The van der Waals surface area contributed by atoms with Crippen molar-refractivity contribution >= 4 is 17.7 Å². The summed E-state index contributed by atoms with van der Waals surface area (Å²) in [5.41, 5.74) is -0.439. The molecule has 5 heteroatoms. The number of esters is 1. The highest BCUT2D eigenvalue weighted by Gasteiger charge is 2.16. The average Bonchev–Trinajstić information content (AvgIpc) is 2.09. The maximum Gasteiger partial charge on any atom is 0.342 e. The van der Waals surface area contributed by atoms with Gasteiger partial charge in [0.2, 0.25) is 0 Å². The number of hydrogen-bond donors (Lipinski definition) is 1. The van der Waals surface area contributed by atoms with Gasteiger partial charge in [-0.3, -0.25) is 4.79 Å². The van der Waals surface area contributed by atoms with E-state index in [-0.39, 0.29) is 6.61 Å². The lowest BCUT2D eigenvalue weighted by Gasteiger charge is -2.02. The van der Waals surface area contributed by atoms with Crippen LogP contribution in [0.4, 0.5) is 0 Å². The number of carboxylic acids is 1. The first-order chi connectivity index (χ1) is 6.49. The van der Waals surface area contributed by atoms with Crippen molar-refractivity contribution < 1.29 is 24.2 Å². The van der Waals surface area contributed by atoms with Crippen molar-refractivity contribution in [2.75, 3.05) is 6.61 Å². The third-order valence-corrected chi connectivity index (χ3v) is 1.30. The smallest absolute Gasteiger partial charge is 0.342 e. The highest BCUT2D eigenvalue weighted by atomic mass is 16.5. The molecular formula is C9H12O5. The van der Waals surface area contributed by atoms with E-state index < -0.39 is 23.3 Å². The number of carboxylic acid groups (broad SMARTS) is 1. The first-order valence-electron chi connectivity index (χ1n) is 4.11. The Morgan fingerprint density at radius 1 is 1.36 bits per heavy atom. The van der Waals surface area contributed by atoms with Crippen LogP contribution in [0, 0.1) is 0 Å². The number of aliphatic carboxylic acids is 1. The maximum atomic E-state index is 11.1. The van der Waals surface area contributed by atoms with Crippen LogP contribution in [0.15, 0.2) is 11.6 Å². The Morgan fingerprint density at radius 2 is 1.93 bits per heavy atom. The van der Waals surface area contributed by atoms with Crippen LogP contribution in [0.2, 0.25) is 0 Å². The number of rotatable bonds is 5. The summed E-state index contributed by atoms with van der Waals surface area (Å²) in [6.07, 6.45) is 1.17. The predicted octanol–water partition coefficient (Wildman–Crippen LogP) is 0.540. The first kappa shape index (κ1) is 12.3. The zero-order chi connectivity index (χ0) is 11.1. The topological polar surface area (TPSA) is 80.7 Å². The van der Waals surface area contributed by atoms with Gasteiger partial charge in [0.25, 0.3) is 0 Å². The molecule has 0 saturated carbocycles. The monoisotopic (exact) mass is 200 g/mol. The summed E-state index contributed by atoms with van der Waals surface area (Å²) in [6, 6.07) is 0. The van der Waals surface area contributed by atoms with Crippen molar-refractivity contribution in [1.82, 2.24) is 0 Å². The van der Waals surface area contributed by atoms with E-state index in [1.807, 2.05) is 0 Å². The van der Waals surface area contributed by atoms with E-state index in [2.05, 4.69) is 4.74 Å². The second kappa shape index (κ2) is 5.90. The largest absolute Gasteiger partial charge is 0.478 e. The van der Waals surface area contributed by atoms with Crippen molar-refractivity contribution in [3.63, 3.8) is 0 Å². The van der Waals surface area contributed by atoms with Gasteiger partial charge in [-0.1, -0.05) is 6.92 Å². The van der Waals surface area contributed by atoms with E-state index in [4.69, 9.17) is 5.11 Å². The van der Waals surface area contributed by atoms with Crippen molar-refractivity contribution in [2.45, 2.75) is 20.3 Å². The number of carbonyl (C=O) groups is 3. The van der Waals surface area contributed by atoms with Crippen molar-refractivity contribution in [1.29, 1.82) is 0 Å². The summed E-state index contributed by atoms with van der Waals surface area (Å²) >= 11 is 0. The fourth-order valence-electron chi connectivity index (χ4n) is 0.700. The van der Waals surface area contributed by atoms with E-state index in [0.29, 0.717) is 12.5 Å². The molecule has 0 atom stereocenters.